The van der Waals surface area contributed by atoms with Crippen LogP contribution in [0, 0.1) is 0 Å². The molecule has 1 amide bonds. The van der Waals surface area contributed by atoms with Gasteiger partial charge in [-0.05, 0) is 67.3 Å². The maximum absolute atomic E-state index is 13.6. The van der Waals surface area contributed by atoms with Crippen LogP contribution in [0.3, 0.4) is 0 Å². The van der Waals surface area contributed by atoms with Crippen molar-refractivity contribution in [1.82, 2.24) is 10.2 Å². The number of aromatic nitrogens is 2. The number of fused-ring (bicyclic) bond motifs is 1. The van der Waals surface area contributed by atoms with E-state index in [1.54, 1.807) is 65.6 Å². The van der Waals surface area contributed by atoms with E-state index in [4.69, 9.17) is 9.47 Å². The normalized spacial score (nSPS) is 14.7. The van der Waals surface area contributed by atoms with Crippen molar-refractivity contribution in [2.24, 2.45) is 0 Å². The number of carbonyl (C=O) groups is 2. The monoisotopic (exact) mass is 489 g/mol. The minimum atomic E-state index is -0.526. The maximum atomic E-state index is 13.6. The minimum Gasteiger partial charge on any atom is -0.504 e. The van der Waals surface area contributed by atoms with Crippen LogP contribution in [0.2, 0.25) is 0 Å². The number of thiophene rings is 1. The van der Waals surface area contributed by atoms with Crippen molar-refractivity contribution >= 4 is 28.9 Å². The molecule has 0 unspecified atom stereocenters. The molecule has 8 nitrogen and oxygen atoms in total. The summed E-state index contributed by atoms with van der Waals surface area (Å²) in [7, 11) is 0. The zero-order valence-electron chi connectivity index (χ0n) is 19.1. The molecular weight excluding hydrogens is 466 g/mol. The lowest BCUT2D eigenvalue weighted by Crippen LogP contribution is -2.29. The Morgan fingerprint density at radius 1 is 1.14 bits per heavy atom. The first-order chi connectivity index (χ1) is 17.0. The third-order valence-corrected chi connectivity index (χ3v) is 6.67. The second-order valence-corrected chi connectivity index (χ2v) is 8.79. The van der Waals surface area contributed by atoms with Crippen molar-refractivity contribution in [3.05, 3.63) is 82.4 Å². The van der Waals surface area contributed by atoms with Gasteiger partial charge in [0.05, 0.1) is 35.4 Å². The number of nitrogens with one attached hydrogen (secondary N) is 1. The fourth-order valence-corrected chi connectivity index (χ4v) is 5.01. The minimum absolute atomic E-state index is 0.0242. The average molecular weight is 490 g/mol. The summed E-state index contributed by atoms with van der Waals surface area (Å²) in [5, 5.41) is 19.6. The SMILES string of the molecule is CCOC(=O)c1ccc(N2C(=O)c3n[nH]c(-c4cccs4)c3[C@@H]2c2ccc(O)c(OCC)c2)cc1. The number of aromatic hydroxyl groups is 1. The molecule has 0 radical (unpaired) electrons. The summed E-state index contributed by atoms with van der Waals surface area (Å²) in [5.74, 6) is -0.323. The Hall–Kier alpha value is -4.11. The number of ether oxygens (including phenoxy) is 2. The molecule has 9 heteroatoms. The van der Waals surface area contributed by atoms with Gasteiger partial charge in [0.1, 0.15) is 0 Å². The van der Waals surface area contributed by atoms with E-state index >= 15 is 0 Å². The van der Waals surface area contributed by atoms with Gasteiger partial charge in [0.15, 0.2) is 17.2 Å². The molecule has 1 aliphatic heterocycles. The van der Waals surface area contributed by atoms with Crippen molar-refractivity contribution in [2.75, 3.05) is 18.1 Å². The lowest BCUT2D eigenvalue weighted by atomic mass is 9.97. The van der Waals surface area contributed by atoms with Gasteiger partial charge in [-0.25, -0.2) is 4.79 Å². The van der Waals surface area contributed by atoms with Crippen molar-refractivity contribution in [3.8, 4) is 22.1 Å². The fourth-order valence-electron chi connectivity index (χ4n) is 4.28. The molecule has 5 rings (SSSR count). The first-order valence-electron chi connectivity index (χ1n) is 11.2. The van der Waals surface area contributed by atoms with Crippen LogP contribution in [0.4, 0.5) is 5.69 Å². The Labute approximate surface area is 205 Å². The summed E-state index contributed by atoms with van der Waals surface area (Å²) in [6, 6.07) is 15.2. The van der Waals surface area contributed by atoms with Gasteiger partial charge in [-0.2, -0.15) is 5.10 Å². The van der Waals surface area contributed by atoms with E-state index in [1.165, 1.54) is 0 Å². The van der Waals surface area contributed by atoms with E-state index < -0.39 is 12.0 Å². The third-order valence-electron chi connectivity index (χ3n) is 5.78. The number of anilines is 1. The quantitative estimate of drug-likeness (QED) is 0.347. The molecule has 3 heterocycles. The van der Waals surface area contributed by atoms with E-state index in [0.717, 1.165) is 21.7 Å². The van der Waals surface area contributed by atoms with Gasteiger partial charge < -0.3 is 14.6 Å². The molecule has 0 saturated carbocycles. The predicted octanol–water partition coefficient (Wildman–Crippen LogP) is 5.17. The molecule has 2 aromatic heterocycles. The summed E-state index contributed by atoms with van der Waals surface area (Å²) in [6.07, 6.45) is 0. The number of H-pyrrole nitrogens is 1. The summed E-state index contributed by atoms with van der Waals surface area (Å²) >= 11 is 1.55. The number of phenols is 1. The number of hydrogen-bond donors (Lipinski definition) is 2. The number of phenolic OH excluding ortho intramolecular Hbond substituents is 1. The summed E-state index contributed by atoms with van der Waals surface area (Å²) in [4.78, 5) is 28.4. The Balaban J connectivity index is 1.64. The van der Waals surface area contributed by atoms with Crippen LogP contribution in [0.25, 0.3) is 10.6 Å². The predicted molar refractivity (Wildman–Crippen MR) is 132 cm³/mol. The fraction of sp³-hybridized carbons (Fsp3) is 0.192. The number of carbonyl (C=O) groups excluding carboxylic acids is 2. The molecule has 1 aliphatic rings. The Morgan fingerprint density at radius 2 is 1.94 bits per heavy atom. The molecule has 178 valence electrons. The van der Waals surface area contributed by atoms with Gasteiger partial charge in [0.2, 0.25) is 0 Å². The van der Waals surface area contributed by atoms with Crippen LogP contribution >= 0.6 is 11.3 Å². The molecule has 0 aliphatic carbocycles. The number of benzene rings is 2. The molecule has 2 N–H and O–H groups in total. The van der Waals surface area contributed by atoms with Gasteiger partial charge in [-0.3, -0.25) is 14.8 Å². The number of hydrogen-bond acceptors (Lipinski definition) is 7. The standard InChI is InChI=1S/C26H23N3O5S/c1-3-33-19-14-16(9-12-18(19)30)24-21-22(20-6-5-13-35-20)27-28-23(21)25(31)29(24)17-10-7-15(8-11-17)26(32)34-4-2/h5-14,24,30H,3-4H2,1-2H3,(H,27,28)/t24-/m0/s1. The maximum Gasteiger partial charge on any atom is 0.338 e. The molecule has 2 aromatic carbocycles. The first-order valence-corrected chi connectivity index (χ1v) is 12.1. The average Bonchev–Trinajstić information content (AvgIpc) is 3.59. The smallest absolute Gasteiger partial charge is 0.338 e. The van der Waals surface area contributed by atoms with Crippen molar-refractivity contribution in [3.63, 3.8) is 0 Å². The molecule has 1 atom stereocenters. The molecule has 0 bridgehead atoms. The third kappa shape index (κ3) is 3.93. The second kappa shape index (κ2) is 9.27. The molecule has 4 aromatic rings. The van der Waals surface area contributed by atoms with Crippen LogP contribution < -0.4 is 9.64 Å². The summed E-state index contributed by atoms with van der Waals surface area (Å²) in [5.41, 5.74) is 3.62. The van der Waals surface area contributed by atoms with Crippen LogP contribution in [0.15, 0.2) is 60.0 Å². The molecular formula is C26H23N3O5S. The highest BCUT2D eigenvalue weighted by molar-refractivity contribution is 7.13. The van der Waals surface area contributed by atoms with E-state index in [0.29, 0.717) is 29.3 Å². The van der Waals surface area contributed by atoms with Crippen LogP contribution in [0.1, 0.15) is 51.9 Å². The number of nitrogens with zero attached hydrogens (tertiary/aromatic N) is 2. The Kier molecular flexibility index (Phi) is 6.00. The lowest BCUT2D eigenvalue weighted by Gasteiger charge is -2.27. The largest absolute Gasteiger partial charge is 0.504 e. The zero-order chi connectivity index (χ0) is 24.5. The molecule has 0 fully saturated rings. The van der Waals surface area contributed by atoms with Gasteiger partial charge >= 0.3 is 5.97 Å². The molecule has 0 saturated heterocycles. The topological polar surface area (TPSA) is 105 Å². The highest BCUT2D eigenvalue weighted by Crippen LogP contribution is 2.47. The van der Waals surface area contributed by atoms with E-state index in [1.807, 2.05) is 24.4 Å². The van der Waals surface area contributed by atoms with E-state index in [-0.39, 0.29) is 18.3 Å². The number of amides is 1. The Bertz CT molecular complexity index is 1380. The van der Waals surface area contributed by atoms with Gasteiger partial charge in [0.25, 0.3) is 5.91 Å². The van der Waals surface area contributed by atoms with Crippen LogP contribution in [0.5, 0.6) is 11.5 Å². The van der Waals surface area contributed by atoms with Crippen molar-refractivity contribution < 1.29 is 24.2 Å². The molecule has 0 spiro atoms. The number of esters is 1. The van der Waals surface area contributed by atoms with Gasteiger partial charge in [-0.1, -0.05) is 12.1 Å². The highest BCUT2D eigenvalue weighted by atomic mass is 32.1. The number of rotatable bonds is 7. The first kappa shape index (κ1) is 22.7. The van der Waals surface area contributed by atoms with Crippen molar-refractivity contribution in [2.45, 2.75) is 19.9 Å². The summed E-state index contributed by atoms with van der Waals surface area (Å²) < 4.78 is 10.7. The van der Waals surface area contributed by atoms with Crippen molar-refractivity contribution in [1.29, 1.82) is 0 Å². The zero-order valence-corrected chi connectivity index (χ0v) is 20.0. The highest BCUT2D eigenvalue weighted by Gasteiger charge is 2.43. The van der Waals surface area contributed by atoms with E-state index in [9.17, 15) is 14.7 Å². The Morgan fingerprint density at radius 3 is 2.63 bits per heavy atom. The molecule has 35 heavy (non-hydrogen) atoms. The van der Waals surface area contributed by atoms with Gasteiger partial charge in [0, 0.05) is 11.3 Å². The summed E-state index contributed by atoms with van der Waals surface area (Å²) in [6.45, 7) is 4.26. The second-order valence-electron chi connectivity index (χ2n) is 7.84. The lowest BCUT2D eigenvalue weighted by molar-refractivity contribution is 0.0526. The van der Waals surface area contributed by atoms with Crippen LogP contribution in [-0.4, -0.2) is 40.4 Å². The van der Waals surface area contributed by atoms with Gasteiger partial charge in [-0.15, -0.1) is 11.3 Å². The van der Waals surface area contributed by atoms with E-state index in [2.05, 4.69) is 10.2 Å². The van der Waals surface area contributed by atoms with Crippen LogP contribution in [-0.2, 0) is 4.74 Å². The number of aromatic amines is 1.